The molecule has 9 nitrogen and oxygen atoms in total. The molecule has 12 heteroatoms. The maximum Gasteiger partial charge on any atom is 0.264 e. The quantitative estimate of drug-likeness (QED) is 0.163. The summed E-state index contributed by atoms with van der Waals surface area (Å²) in [6, 6.07) is 34.9. The molecule has 5 aromatic rings. The zero-order valence-electron chi connectivity index (χ0n) is 23.0. The summed E-state index contributed by atoms with van der Waals surface area (Å²) in [5.41, 5.74) is 0.870. The number of hydrogen-bond acceptors (Lipinski definition) is 6. The molecule has 5 rings (SSSR count). The number of ether oxygens (including phenoxy) is 1. The van der Waals surface area contributed by atoms with Crippen LogP contribution in [-0.4, -0.2) is 29.3 Å². The molecular weight excluding hydrogens is 622 g/mol. The van der Waals surface area contributed by atoms with Crippen molar-refractivity contribution in [3.8, 4) is 11.5 Å². The van der Waals surface area contributed by atoms with Crippen molar-refractivity contribution in [1.82, 2.24) is 0 Å². The van der Waals surface area contributed by atoms with Crippen LogP contribution in [-0.2, 0) is 24.8 Å². The number of amides is 1. The maximum absolute atomic E-state index is 13.7. The van der Waals surface area contributed by atoms with Crippen LogP contribution < -0.4 is 19.1 Å². The Morgan fingerprint density at radius 2 is 1.18 bits per heavy atom. The second-order valence-electron chi connectivity index (χ2n) is 9.42. The highest BCUT2D eigenvalue weighted by atomic mass is 35.5. The molecule has 0 heterocycles. The van der Waals surface area contributed by atoms with Crippen molar-refractivity contribution in [1.29, 1.82) is 0 Å². The van der Waals surface area contributed by atoms with Crippen LogP contribution in [0.1, 0.15) is 0 Å². The van der Waals surface area contributed by atoms with E-state index in [1.54, 1.807) is 66.7 Å². The number of hydrogen-bond donors (Lipinski definition) is 2. The van der Waals surface area contributed by atoms with Gasteiger partial charge in [0.05, 0.1) is 15.5 Å². The van der Waals surface area contributed by atoms with E-state index in [4.69, 9.17) is 16.3 Å². The molecule has 0 spiro atoms. The predicted molar refractivity (Wildman–Crippen MR) is 171 cm³/mol. The monoisotopic (exact) mass is 647 g/mol. The van der Waals surface area contributed by atoms with E-state index in [1.165, 1.54) is 48.5 Å². The zero-order valence-corrected chi connectivity index (χ0v) is 25.4. The Balaban J connectivity index is 1.33. The van der Waals surface area contributed by atoms with Gasteiger partial charge in [0.15, 0.2) is 0 Å². The van der Waals surface area contributed by atoms with Gasteiger partial charge in [-0.2, -0.15) is 0 Å². The molecule has 0 aliphatic carbocycles. The first-order valence-corrected chi connectivity index (χ1v) is 16.5. The van der Waals surface area contributed by atoms with Crippen molar-refractivity contribution in [2.24, 2.45) is 0 Å². The third kappa shape index (κ3) is 7.56. The summed E-state index contributed by atoms with van der Waals surface area (Å²) in [5.74, 6) is 0.471. The normalized spacial score (nSPS) is 11.4. The smallest absolute Gasteiger partial charge is 0.264 e. The van der Waals surface area contributed by atoms with E-state index in [1.807, 2.05) is 18.2 Å². The topological polar surface area (TPSA) is 122 Å². The lowest BCUT2D eigenvalue weighted by Gasteiger charge is -2.24. The van der Waals surface area contributed by atoms with Gasteiger partial charge in [-0.1, -0.05) is 48.0 Å². The van der Waals surface area contributed by atoms with Crippen LogP contribution in [0.15, 0.2) is 143 Å². The Bertz CT molecular complexity index is 1940. The van der Waals surface area contributed by atoms with Gasteiger partial charge in [0.1, 0.15) is 18.0 Å². The molecule has 0 radical (unpaired) electrons. The summed E-state index contributed by atoms with van der Waals surface area (Å²) >= 11 is 5.86. The van der Waals surface area contributed by atoms with Gasteiger partial charge >= 0.3 is 0 Å². The summed E-state index contributed by atoms with van der Waals surface area (Å²) in [5, 5.41) is 3.11. The lowest BCUT2D eigenvalue weighted by atomic mass is 10.3. The molecule has 2 N–H and O–H groups in total. The van der Waals surface area contributed by atoms with Gasteiger partial charge in [0.2, 0.25) is 5.91 Å². The van der Waals surface area contributed by atoms with Crippen molar-refractivity contribution in [2.75, 3.05) is 20.9 Å². The summed E-state index contributed by atoms with van der Waals surface area (Å²) < 4.78 is 62.1. The highest BCUT2D eigenvalue weighted by molar-refractivity contribution is 7.93. The molecule has 0 aliphatic heterocycles. The third-order valence-corrected chi connectivity index (χ3v) is 9.70. The molecule has 0 atom stereocenters. The Kier molecular flexibility index (Phi) is 9.19. The van der Waals surface area contributed by atoms with Crippen LogP contribution >= 0.6 is 11.6 Å². The maximum atomic E-state index is 13.7. The Hall–Kier alpha value is -4.84. The second-order valence-corrected chi connectivity index (χ2v) is 13.4. The van der Waals surface area contributed by atoms with Crippen molar-refractivity contribution in [3.63, 3.8) is 0 Å². The fourth-order valence-electron chi connectivity index (χ4n) is 4.12. The summed E-state index contributed by atoms with van der Waals surface area (Å²) in [6.07, 6.45) is 0. The van der Waals surface area contributed by atoms with E-state index in [2.05, 4.69) is 10.0 Å². The molecule has 0 saturated carbocycles. The number of sulfonamides is 2. The van der Waals surface area contributed by atoms with E-state index in [9.17, 15) is 21.6 Å². The van der Waals surface area contributed by atoms with Gasteiger partial charge in [-0.15, -0.1) is 0 Å². The second kappa shape index (κ2) is 13.2. The average Bonchev–Trinajstić information content (AvgIpc) is 3.02. The SMILES string of the molecule is O=C(CN(c1ccc(Oc2ccccc2)cc1)S(=O)(=O)c1ccccc1)Nc1ccc(S(=O)(=O)Nc2ccc(Cl)cc2)cc1. The molecule has 44 heavy (non-hydrogen) atoms. The Morgan fingerprint density at radius 3 is 1.80 bits per heavy atom. The number of benzene rings is 5. The molecule has 0 bridgehead atoms. The standard InChI is InChI=1S/C32H26ClN3O6S2/c33-24-11-13-26(14-12-24)35-43(38,39)30-21-15-25(16-22-30)34-32(37)23-36(44(40,41)31-9-5-2-6-10-31)27-17-19-29(20-18-27)42-28-7-3-1-4-8-28/h1-22,35H,23H2,(H,34,37). The molecular formula is C32H26ClN3O6S2. The fraction of sp³-hybridized carbons (Fsp3) is 0.0312. The van der Waals surface area contributed by atoms with Crippen LogP contribution in [0.2, 0.25) is 5.02 Å². The van der Waals surface area contributed by atoms with Crippen molar-refractivity contribution in [3.05, 3.63) is 138 Å². The number of rotatable bonds is 11. The van der Waals surface area contributed by atoms with Crippen molar-refractivity contribution < 1.29 is 26.4 Å². The van der Waals surface area contributed by atoms with Crippen LogP contribution in [0.25, 0.3) is 0 Å². The van der Waals surface area contributed by atoms with E-state index in [0.29, 0.717) is 22.2 Å². The first-order chi connectivity index (χ1) is 21.1. The molecule has 5 aromatic carbocycles. The van der Waals surface area contributed by atoms with Crippen LogP contribution in [0, 0.1) is 0 Å². The highest BCUT2D eigenvalue weighted by Crippen LogP contribution is 2.28. The number of carbonyl (C=O) groups excluding carboxylic acids is 1. The first-order valence-electron chi connectivity index (χ1n) is 13.2. The number of carbonyl (C=O) groups is 1. The fourth-order valence-corrected chi connectivity index (χ4v) is 6.75. The van der Waals surface area contributed by atoms with E-state index >= 15 is 0 Å². The minimum atomic E-state index is -4.14. The first kappa shape index (κ1) is 30.6. The lowest BCUT2D eigenvalue weighted by Crippen LogP contribution is -2.38. The highest BCUT2D eigenvalue weighted by Gasteiger charge is 2.27. The Labute approximate surface area is 260 Å². The number of nitrogens with one attached hydrogen (secondary N) is 2. The van der Waals surface area contributed by atoms with Gasteiger partial charge in [-0.05, 0) is 97.1 Å². The minimum Gasteiger partial charge on any atom is -0.457 e. The molecule has 1 amide bonds. The van der Waals surface area contributed by atoms with Crippen molar-refractivity contribution >= 4 is 54.6 Å². The molecule has 0 fully saturated rings. The molecule has 0 aliphatic rings. The van der Waals surface area contributed by atoms with Crippen LogP contribution in [0.3, 0.4) is 0 Å². The largest absolute Gasteiger partial charge is 0.457 e. The minimum absolute atomic E-state index is 0.0140. The third-order valence-electron chi connectivity index (χ3n) is 6.27. The predicted octanol–water partition coefficient (Wildman–Crippen LogP) is 6.77. The molecule has 0 aromatic heterocycles. The van der Waals surface area contributed by atoms with Crippen LogP contribution in [0.4, 0.5) is 17.1 Å². The lowest BCUT2D eigenvalue weighted by molar-refractivity contribution is -0.114. The van der Waals surface area contributed by atoms with Gasteiger partial charge in [0.25, 0.3) is 20.0 Å². The number of anilines is 3. The summed E-state index contributed by atoms with van der Waals surface area (Å²) in [4.78, 5) is 13.1. The summed E-state index contributed by atoms with van der Waals surface area (Å²) in [6.45, 7) is -0.547. The number of halogens is 1. The van der Waals surface area contributed by atoms with Gasteiger partial charge in [0, 0.05) is 16.4 Å². The van der Waals surface area contributed by atoms with Crippen LogP contribution in [0.5, 0.6) is 11.5 Å². The van der Waals surface area contributed by atoms with Crippen molar-refractivity contribution in [2.45, 2.75) is 9.79 Å². The van der Waals surface area contributed by atoms with Gasteiger partial charge in [-0.25, -0.2) is 16.8 Å². The van der Waals surface area contributed by atoms with Gasteiger partial charge in [-0.3, -0.25) is 13.8 Å². The number of para-hydroxylation sites is 1. The average molecular weight is 648 g/mol. The van der Waals surface area contributed by atoms with E-state index in [-0.39, 0.29) is 21.2 Å². The molecule has 0 saturated heterocycles. The number of nitrogens with zero attached hydrogens (tertiary/aromatic N) is 1. The zero-order chi connectivity index (χ0) is 31.2. The Morgan fingerprint density at radius 1 is 0.636 bits per heavy atom. The molecule has 224 valence electrons. The summed E-state index contributed by atoms with van der Waals surface area (Å²) in [7, 11) is -8.04. The van der Waals surface area contributed by atoms with E-state index < -0.39 is 32.5 Å². The van der Waals surface area contributed by atoms with Gasteiger partial charge < -0.3 is 10.1 Å². The molecule has 0 unspecified atom stereocenters. The van der Waals surface area contributed by atoms with E-state index in [0.717, 1.165) is 4.31 Å².